The number of nitrogens with one attached hydrogen (secondary N) is 1. The molecule has 156 valence electrons. The number of aromatic nitrogens is 1. The molecule has 3 aromatic rings. The predicted molar refractivity (Wildman–Crippen MR) is 125 cm³/mol. The Kier molecular flexibility index (Phi) is 5.47. The molecule has 0 bridgehead atoms. The first-order chi connectivity index (χ1) is 15.2. The van der Waals surface area contributed by atoms with Gasteiger partial charge in [0.2, 0.25) is 0 Å². The summed E-state index contributed by atoms with van der Waals surface area (Å²) in [4.78, 5) is 21.7. The van der Waals surface area contributed by atoms with Gasteiger partial charge >= 0.3 is 0 Å². The number of nitrogens with zero attached hydrogens (tertiary/aromatic N) is 2. The number of carbonyl (C=O) groups is 1. The number of rotatable bonds is 6. The Morgan fingerprint density at radius 2 is 2.06 bits per heavy atom. The van der Waals surface area contributed by atoms with E-state index in [9.17, 15) is 4.79 Å². The third kappa shape index (κ3) is 4.35. The summed E-state index contributed by atoms with van der Waals surface area (Å²) in [5, 5.41) is 5.13. The van der Waals surface area contributed by atoms with Gasteiger partial charge in [0.1, 0.15) is 5.75 Å². The van der Waals surface area contributed by atoms with Gasteiger partial charge in [-0.1, -0.05) is 42.5 Å². The van der Waals surface area contributed by atoms with Crippen LogP contribution in [-0.2, 0) is 11.2 Å². The van der Waals surface area contributed by atoms with Gasteiger partial charge in [-0.15, -0.1) is 0 Å². The average Bonchev–Trinajstić information content (AvgIpc) is 3.47. The average molecular weight is 430 g/mol. The maximum atomic E-state index is 12.4. The first kappa shape index (κ1) is 19.8. The SMILES string of the molecule is CCOc1ccnc2ccc(C/C=C3\SC(N[C@@H]4C[C@H]4c4ccccc4)=NC3=O)cc12. The van der Waals surface area contributed by atoms with E-state index in [0.717, 1.165) is 28.6 Å². The van der Waals surface area contributed by atoms with E-state index in [2.05, 4.69) is 45.6 Å². The molecule has 5 rings (SSSR count). The lowest BCUT2D eigenvalue weighted by Crippen LogP contribution is -2.22. The molecule has 1 fully saturated rings. The molecule has 2 heterocycles. The van der Waals surface area contributed by atoms with Crippen molar-refractivity contribution >= 4 is 33.7 Å². The fourth-order valence-electron chi connectivity index (χ4n) is 3.88. The van der Waals surface area contributed by atoms with Crippen LogP contribution in [0.1, 0.15) is 30.4 Å². The molecule has 2 aliphatic rings. The summed E-state index contributed by atoms with van der Waals surface area (Å²) < 4.78 is 5.73. The molecule has 0 saturated heterocycles. The van der Waals surface area contributed by atoms with Crippen molar-refractivity contribution in [3.05, 3.63) is 82.9 Å². The largest absolute Gasteiger partial charge is 0.493 e. The number of carbonyl (C=O) groups excluding carboxylic acids is 1. The monoisotopic (exact) mass is 429 g/mol. The zero-order valence-corrected chi connectivity index (χ0v) is 18.1. The molecule has 0 radical (unpaired) electrons. The Hall–Kier alpha value is -3.12. The maximum absolute atomic E-state index is 12.4. The van der Waals surface area contributed by atoms with Gasteiger partial charge in [0.15, 0.2) is 5.17 Å². The zero-order chi connectivity index (χ0) is 21.2. The van der Waals surface area contributed by atoms with Crippen molar-refractivity contribution in [2.24, 2.45) is 4.99 Å². The topological polar surface area (TPSA) is 63.6 Å². The van der Waals surface area contributed by atoms with Crippen LogP contribution in [0.5, 0.6) is 5.75 Å². The molecule has 1 aromatic heterocycles. The minimum Gasteiger partial charge on any atom is -0.493 e. The van der Waals surface area contributed by atoms with E-state index in [0.29, 0.717) is 35.1 Å². The van der Waals surface area contributed by atoms with Crippen LogP contribution in [0.2, 0.25) is 0 Å². The van der Waals surface area contributed by atoms with Gasteiger partial charge in [-0.25, -0.2) is 0 Å². The molecule has 5 nitrogen and oxygen atoms in total. The molecule has 1 aliphatic heterocycles. The van der Waals surface area contributed by atoms with Gasteiger partial charge in [-0.05, 0) is 60.9 Å². The summed E-state index contributed by atoms with van der Waals surface area (Å²) in [7, 11) is 0. The maximum Gasteiger partial charge on any atom is 0.285 e. The number of aliphatic imine (C=N–C) groups is 1. The number of fused-ring (bicyclic) bond motifs is 1. The van der Waals surface area contributed by atoms with Crippen LogP contribution in [0.3, 0.4) is 0 Å². The Morgan fingerprint density at radius 1 is 1.19 bits per heavy atom. The van der Waals surface area contributed by atoms with Crippen LogP contribution in [-0.4, -0.2) is 28.7 Å². The minimum atomic E-state index is -0.165. The van der Waals surface area contributed by atoms with Gasteiger partial charge in [0.25, 0.3) is 5.91 Å². The van der Waals surface area contributed by atoms with E-state index in [4.69, 9.17) is 4.74 Å². The van der Waals surface area contributed by atoms with E-state index in [-0.39, 0.29) is 5.91 Å². The Balaban J connectivity index is 1.23. The summed E-state index contributed by atoms with van der Waals surface area (Å²) in [5.41, 5.74) is 3.35. The highest BCUT2D eigenvalue weighted by Crippen LogP contribution is 2.41. The van der Waals surface area contributed by atoms with E-state index >= 15 is 0 Å². The van der Waals surface area contributed by atoms with Crippen LogP contribution >= 0.6 is 11.8 Å². The van der Waals surface area contributed by atoms with Crippen LogP contribution < -0.4 is 10.1 Å². The molecule has 6 heteroatoms. The summed E-state index contributed by atoms with van der Waals surface area (Å²) in [5.74, 6) is 1.17. The van der Waals surface area contributed by atoms with E-state index < -0.39 is 0 Å². The van der Waals surface area contributed by atoms with Crippen molar-refractivity contribution in [2.75, 3.05) is 6.61 Å². The van der Waals surface area contributed by atoms with Crippen LogP contribution in [0.15, 0.2) is 76.8 Å². The van der Waals surface area contributed by atoms with Crippen molar-refractivity contribution < 1.29 is 9.53 Å². The van der Waals surface area contributed by atoms with Gasteiger partial charge < -0.3 is 10.1 Å². The third-order valence-electron chi connectivity index (χ3n) is 5.54. The molecule has 1 aliphatic carbocycles. The fourth-order valence-corrected chi connectivity index (χ4v) is 4.72. The molecule has 2 aromatic carbocycles. The number of hydrogen-bond acceptors (Lipinski definition) is 5. The number of benzene rings is 2. The number of hydrogen-bond donors (Lipinski definition) is 1. The quantitative estimate of drug-likeness (QED) is 0.569. The lowest BCUT2D eigenvalue weighted by molar-refractivity contribution is -0.113. The van der Waals surface area contributed by atoms with Crippen LogP contribution in [0.4, 0.5) is 0 Å². The molecule has 1 N–H and O–H groups in total. The number of pyridine rings is 1. The van der Waals surface area contributed by atoms with Crippen LogP contribution in [0.25, 0.3) is 10.9 Å². The van der Waals surface area contributed by atoms with Crippen molar-refractivity contribution in [2.45, 2.75) is 31.7 Å². The van der Waals surface area contributed by atoms with E-state index in [1.165, 1.54) is 17.3 Å². The standard InChI is InChI=1S/C25H23N3O2S/c1-2-30-22-12-13-26-20-10-8-16(14-19(20)22)9-11-23-24(29)28-25(31-23)27-21-15-18(21)17-6-4-3-5-7-17/h3-8,10-14,18,21H,2,9,15H2,1H3,(H,27,28,29)/b23-11-/t18-,21+/m0/s1. The van der Waals surface area contributed by atoms with Gasteiger partial charge in [0, 0.05) is 23.5 Å². The van der Waals surface area contributed by atoms with Crippen molar-refractivity contribution in [1.29, 1.82) is 0 Å². The second-order valence-corrected chi connectivity index (χ2v) is 8.72. The molecular formula is C25H23N3O2S. The first-order valence-corrected chi connectivity index (χ1v) is 11.4. The second kappa shape index (κ2) is 8.55. The smallest absolute Gasteiger partial charge is 0.285 e. The highest BCUT2D eigenvalue weighted by atomic mass is 32.2. The number of allylic oxidation sites excluding steroid dienone is 1. The van der Waals surface area contributed by atoms with Crippen molar-refractivity contribution in [3.63, 3.8) is 0 Å². The van der Waals surface area contributed by atoms with E-state index in [1.54, 1.807) is 6.20 Å². The third-order valence-corrected chi connectivity index (χ3v) is 6.50. The Bertz CT molecular complexity index is 1190. The molecule has 2 atom stereocenters. The van der Waals surface area contributed by atoms with Crippen LogP contribution in [0, 0.1) is 0 Å². The number of thioether (sulfide) groups is 1. The molecule has 0 spiro atoms. The van der Waals surface area contributed by atoms with Gasteiger partial charge in [-0.3, -0.25) is 9.78 Å². The fraction of sp³-hybridized carbons (Fsp3) is 0.240. The lowest BCUT2D eigenvalue weighted by Gasteiger charge is -2.08. The molecule has 31 heavy (non-hydrogen) atoms. The number of amidine groups is 1. The van der Waals surface area contributed by atoms with E-state index in [1.807, 2.05) is 37.3 Å². The predicted octanol–water partition coefficient (Wildman–Crippen LogP) is 4.84. The molecular weight excluding hydrogens is 406 g/mol. The zero-order valence-electron chi connectivity index (χ0n) is 17.2. The summed E-state index contributed by atoms with van der Waals surface area (Å²) in [6.07, 6.45) is 5.45. The normalized spacial score (nSPS) is 21.4. The highest BCUT2D eigenvalue weighted by molar-refractivity contribution is 8.18. The molecule has 0 unspecified atom stereocenters. The first-order valence-electron chi connectivity index (χ1n) is 10.5. The minimum absolute atomic E-state index is 0.165. The number of amides is 1. The Morgan fingerprint density at radius 3 is 2.90 bits per heavy atom. The summed E-state index contributed by atoms with van der Waals surface area (Å²) in [6.45, 7) is 2.58. The lowest BCUT2D eigenvalue weighted by atomic mass is 10.1. The number of ether oxygens (including phenoxy) is 1. The molecule has 1 amide bonds. The summed E-state index contributed by atoms with van der Waals surface area (Å²) >= 11 is 1.43. The van der Waals surface area contributed by atoms with Gasteiger partial charge in [-0.2, -0.15) is 4.99 Å². The van der Waals surface area contributed by atoms with Gasteiger partial charge in [0.05, 0.1) is 17.0 Å². The Labute approximate surface area is 185 Å². The van der Waals surface area contributed by atoms with Crippen molar-refractivity contribution in [1.82, 2.24) is 10.3 Å². The van der Waals surface area contributed by atoms with Crippen molar-refractivity contribution in [3.8, 4) is 5.75 Å². The second-order valence-electron chi connectivity index (χ2n) is 7.69. The molecule has 1 saturated carbocycles. The highest BCUT2D eigenvalue weighted by Gasteiger charge is 2.40. The summed E-state index contributed by atoms with van der Waals surface area (Å²) in [6, 6.07) is 18.8.